The lowest BCUT2D eigenvalue weighted by atomic mass is 9.87. The maximum Gasteiger partial charge on any atom is 0.175 e. The molecule has 2 aromatic carbocycles. The van der Waals surface area contributed by atoms with Crippen molar-refractivity contribution in [1.82, 2.24) is 5.32 Å². The number of halogens is 1. The van der Waals surface area contributed by atoms with Crippen LogP contribution in [0.15, 0.2) is 59.5 Å². The molecule has 2 atom stereocenters. The second-order valence-corrected chi connectivity index (χ2v) is 7.97. The monoisotopic (exact) mass is 367 g/mol. The summed E-state index contributed by atoms with van der Waals surface area (Å²) in [5.41, 5.74) is -0.723. The third kappa shape index (κ3) is 4.64. The Morgan fingerprint density at radius 3 is 2.20 bits per heavy atom. The minimum absolute atomic E-state index is 0.0885. The predicted octanol–water partition coefficient (Wildman–Crippen LogP) is 1.40. The Labute approximate surface area is 147 Å². The van der Waals surface area contributed by atoms with Gasteiger partial charge in [-0.3, -0.25) is 0 Å². The van der Waals surface area contributed by atoms with E-state index in [1.54, 1.807) is 0 Å². The lowest BCUT2D eigenvalue weighted by Gasteiger charge is -2.34. The van der Waals surface area contributed by atoms with Gasteiger partial charge in [0.05, 0.1) is 17.5 Å². The van der Waals surface area contributed by atoms with Gasteiger partial charge >= 0.3 is 0 Å². The standard InChI is InChI=1S/C18H22FNO4S/c1-25(23,24)16-9-7-15(8-10-16)18(22,13-21)17(11-19)20-12-14-5-3-2-4-6-14/h2-10,17,20-22H,11-13H2,1H3/t17-,18-/m1/s1. The summed E-state index contributed by atoms with van der Waals surface area (Å²) in [7, 11) is -3.38. The molecule has 0 bridgehead atoms. The van der Waals surface area contributed by atoms with Crippen LogP contribution in [-0.4, -0.2) is 44.2 Å². The second-order valence-electron chi connectivity index (χ2n) is 5.95. The number of aliphatic hydroxyl groups is 2. The highest BCUT2D eigenvalue weighted by Gasteiger charge is 2.38. The molecule has 3 N–H and O–H groups in total. The highest BCUT2D eigenvalue weighted by atomic mass is 32.2. The van der Waals surface area contributed by atoms with E-state index in [1.165, 1.54) is 24.3 Å². The molecule has 25 heavy (non-hydrogen) atoms. The van der Waals surface area contributed by atoms with Crippen LogP contribution in [0.3, 0.4) is 0 Å². The van der Waals surface area contributed by atoms with E-state index in [2.05, 4.69) is 5.32 Å². The maximum atomic E-state index is 13.6. The van der Waals surface area contributed by atoms with Crippen molar-refractivity contribution >= 4 is 9.84 Å². The van der Waals surface area contributed by atoms with Gasteiger partial charge in [0.1, 0.15) is 12.3 Å². The van der Waals surface area contributed by atoms with Gasteiger partial charge in [-0.2, -0.15) is 0 Å². The van der Waals surface area contributed by atoms with Crippen molar-refractivity contribution in [3.05, 3.63) is 65.7 Å². The van der Waals surface area contributed by atoms with Crippen LogP contribution in [0, 0.1) is 0 Å². The van der Waals surface area contributed by atoms with Crippen LogP contribution in [0.25, 0.3) is 0 Å². The molecule has 0 radical (unpaired) electrons. The summed E-state index contributed by atoms with van der Waals surface area (Å²) in [6, 6.07) is 13.7. The van der Waals surface area contributed by atoms with Gasteiger partial charge < -0.3 is 15.5 Å². The van der Waals surface area contributed by atoms with Gasteiger partial charge in [-0.1, -0.05) is 42.5 Å². The van der Waals surface area contributed by atoms with Gasteiger partial charge in [-0.05, 0) is 23.3 Å². The maximum absolute atomic E-state index is 13.6. The van der Waals surface area contributed by atoms with Gasteiger partial charge in [0.15, 0.2) is 9.84 Å². The third-order valence-electron chi connectivity index (χ3n) is 4.15. The first-order valence-electron chi connectivity index (χ1n) is 7.78. The molecule has 2 rings (SSSR count). The van der Waals surface area contributed by atoms with Crippen LogP contribution in [0.1, 0.15) is 11.1 Å². The molecule has 136 valence electrons. The zero-order chi connectivity index (χ0) is 18.5. The summed E-state index contributed by atoms with van der Waals surface area (Å²) >= 11 is 0. The Hall–Kier alpha value is -1.80. The quantitative estimate of drug-likeness (QED) is 0.657. The molecule has 0 aliphatic heterocycles. The molecule has 0 amide bonds. The molecule has 0 fully saturated rings. The molecular weight excluding hydrogens is 345 g/mol. The Balaban J connectivity index is 2.23. The zero-order valence-corrected chi connectivity index (χ0v) is 14.7. The first-order valence-corrected chi connectivity index (χ1v) is 9.67. The van der Waals surface area contributed by atoms with Crippen molar-refractivity contribution in [2.45, 2.75) is 23.1 Å². The number of hydrogen-bond acceptors (Lipinski definition) is 5. The number of nitrogens with one attached hydrogen (secondary N) is 1. The van der Waals surface area contributed by atoms with E-state index in [0.29, 0.717) is 6.54 Å². The van der Waals surface area contributed by atoms with Gasteiger partial charge in [-0.25, -0.2) is 12.8 Å². The Kier molecular flexibility index (Phi) is 6.29. The smallest absolute Gasteiger partial charge is 0.175 e. The van der Waals surface area contributed by atoms with E-state index >= 15 is 0 Å². The van der Waals surface area contributed by atoms with Crippen molar-refractivity contribution in [2.75, 3.05) is 19.5 Å². The van der Waals surface area contributed by atoms with Gasteiger partial charge in [0.2, 0.25) is 0 Å². The normalized spacial score (nSPS) is 15.5. The van der Waals surface area contributed by atoms with Crippen LogP contribution in [-0.2, 0) is 22.0 Å². The van der Waals surface area contributed by atoms with Crippen LogP contribution < -0.4 is 5.32 Å². The fourth-order valence-electron chi connectivity index (χ4n) is 2.58. The molecule has 0 aliphatic carbocycles. The van der Waals surface area contributed by atoms with Gasteiger partial charge in [0, 0.05) is 12.8 Å². The largest absolute Gasteiger partial charge is 0.393 e. The molecule has 0 aliphatic rings. The minimum atomic E-state index is -3.38. The van der Waals surface area contributed by atoms with Crippen molar-refractivity contribution in [3.8, 4) is 0 Å². The fourth-order valence-corrected chi connectivity index (χ4v) is 3.21. The average Bonchev–Trinajstić information content (AvgIpc) is 2.62. The number of hydrogen-bond donors (Lipinski definition) is 3. The van der Waals surface area contributed by atoms with E-state index in [-0.39, 0.29) is 10.5 Å². The third-order valence-corrected chi connectivity index (χ3v) is 5.28. The number of alkyl halides is 1. The number of sulfone groups is 1. The lowest BCUT2D eigenvalue weighted by molar-refractivity contribution is -0.0562. The Morgan fingerprint density at radius 1 is 1.12 bits per heavy atom. The van der Waals surface area contributed by atoms with E-state index < -0.39 is 34.8 Å². The van der Waals surface area contributed by atoms with Crippen LogP contribution in [0.5, 0.6) is 0 Å². The molecule has 2 aromatic rings. The van der Waals surface area contributed by atoms with Crippen molar-refractivity contribution < 1.29 is 23.0 Å². The van der Waals surface area contributed by atoms with E-state index in [0.717, 1.165) is 11.8 Å². The topological polar surface area (TPSA) is 86.6 Å². The minimum Gasteiger partial charge on any atom is -0.393 e. The second kappa shape index (κ2) is 8.05. The van der Waals surface area contributed by atoms with Crippen LogP contribution >= 0.6 is 0 Å². The first-order chi connectivity index (χ1) is 11.8. The van der Waals surface area contributed by atoms with Crippen LogP contribution in [0.4, 0.5) is 4.39 Å². The number of aliphatic hydroxyl groups excluding tert-OH is 1. The Morgan fingerprint density at radius 2 is 1.72 bits per heavy atom. The summed E-state index contributed by atoms with van der Waals surface area (Å²) < 4.78 is 36.6. The highest BCUT2D eigenvalue weighted by Crippen LogP contribution is 2.27. The summed E-state index contributed by atoms with van der Waals surface area (Å²) in [6.45, 7) is -1.29. The van der Waals surface area contributed by atoms with Gasteiger partial charge in [-0.15, -0.1) is 0 Å². The van der Waals surface area contributed by atoms with E-state index in [4.69, 9.17) is 0 Å². The SMILES string of the molecule is CS(=O)(=O)c1ccc([C@](O)(CO)[C@@H](CF)NCc2ccccc2)cc1. The predicted molar refractivity (Wildman–Crippen MR) is 93.6 cm³/mol. The van der Waals surface area contributed by atoms with Crippen molar-refractivity contribution in [3.63, 3.8) is 0 Å². The molecule has 0 heterocycles. The van der Waals surface area contributed by atoms with E-state index in [9.17, 15) is 23.0 Å². The average molecular weight is 367 g/mol. The summed E-state index contributed by atoms with van der Waals surface area (Å²) in [6.07, 6.45) is 1.08. The molecule has 0 unspecified atom stereocenters. The molecule has 5 nitrogen and oxygen atoms in total. The van der Waals surface area contributed by atoms with Gasteiger partial charge in [0.25, 0.3) is 0 Å². The number of rotatable bonds is 8. The zero-order valence-electron chi connectivity index (χ0n) is 13.9. The van der Waals surface area contributed by atoms with Crippen molar-refractivity contribution in [1.29, 1.82) is 0 Å². The van der Waals surface area contributed by atoms with Crippen molar-refractivity contribution in [2.24, 2.45) is 0 Å². The van der Waals surface area contributed by atoms with Crippen LogP contribution in [0.2, 0.25) is 0 Å². The molecule has 0 saturated heterocycles. The first kappa shape index (κ1) is 19.5. The molecule has 0 spiro atoms. The molecule has 0 aromatic heterocycles. The molecule has 7 heteroatoms. The summed E-state index contributed by atoms with van der Waals surface area (Å²) in [5, 5.41) is 23.4. The summed E-state index contributed by atoms with van der Waals surface area (Å²) in [4.78, 5) is 0.0885. The van der Waals surface area contributed by atoms with E-state index in [1.807, 2.05) is 30.3 Å². The Bertz CT molecular complexity index is 780. The fraction of sp³-hybridized carbons (Fsp3) is 0.333. The lowest BCUT2D eigenvalue weighted by Crippen LogP contribution is -2.52. The number of benzene rings is 2. The molecule has 0 saturated carbocycles. The highest BCUT2D eigenvalue weighted by molar-refractivity contribution is 7.90. The summed E-state index contributed by atoms with van der Waals surface area (Å²) in [5.74, 6) is 0. The molecular formula is C18H22FNO4S.